The molecule has 4 nitrogen and oxygen atoms in total. The van der Waals surface area contributed by atoms with Gasteiger partial charge in [0.25, 0.3) is 0 Å². The standard InChI is InChI=1S/C12H10BrN3OS/c1-17-9-2-3-18-11(9)12-15-8-5-6(13)4-7(14)10(8)16-12/h2-5H,14H2,1H3,(H,15,16). The lowest BCUT2D eigenvalue weighted by Crippen LogP contribution is -1.86. The Kier molecular flexibility index (Phi) is 2.76. The third-order valence-corrected chi connectivity index (χ3v) is 4.01. The van der Waals surface area contributed by atoms with Crippen LogP contribution >= 0.6 is 27.3 Å². The van der Waals surface area contributed by atoms with Crippen LogP contribution in [0.25, 0.3) is 21.7 Å². The SMILES string of the molecule is COc1ccsc1-c1nc2c(N)cc(Br)cc2[nH]1. The van der Waals surface area contributed by atoms with E-state index in [1.165, 1.54) is 0 Å². The highest BCUT2D eigenvalue weighted by molar-refractivity contribution is 9.10. The van der Waals surface area contributed by atoms with Gasteiger partial charge in [0.15, 0.2) is 5.82 Å². The zero-order chi connectivity index (χ0) is 12.7. The second-order valence-corrected chi connectivity index (χ2v) is 5.63. The summed E-state index contributed by atoms with van der Waals surface area (Å²) in [4.78, 5) is 8.77. The molecular formula is C12H10BrN3OS. The average Bonchev–Trinajstić information content (AvgIpc) is 2.92. The van der Waals surface area contributed by atoms with E-state index in [0.717, 1.165) is 32.0 Å². The molecule has 92 valence electrons. The van der Waals surface area contributed by atoms with Crippen molar-refractivity contribution >= 4 is 44.0 Å². The number of anilines is 1. The minimum atomic E-state index is 0.650. The van der Waals surface area contributed by atoms with Crippen LogP contribution in [-0.4, -0.2) is 17.1 Å². The third kappa shape index (κ3) is 1.77. The zero-order valence-corrected chi connectivity index (χ0v) is 11.9. The van der Waals surface area contributed by atoms with E-state index in [1.54, 1.807) is 18.4 Å². The van der Waals surface area contributed by atoms with Crippen molar-refractivity contribution in [1.82, 2.24) is 9.97 Å². The zero-order valence-electron chi connectivity index (χ0n) is 9.53. The molecule has 0 spiro atoms. The van der Waals surface area contributed by atoms with E-state index in [4.69, 9.17) is 10.5 Å². The summed E-state index contributed by atoms with van der Waals surface area (Å²) in [5, 5.41) is 1.97. The molecule has 0 radical (unpaired) electrons. The molecule has 3 N–H and O–H groups in total. The van der Waals surface area contributed by atoms with E-state index in [0.29, 0.717) is 5.69 Å². The second-order valence-electron chi connectivity index (χ2n) is 3.79. The summed E-state index contributed by atoms with van der Waals surface area (Å²) < 4.78 is 6.23. The summed E-state index contributed by atoms with van der Waals surface area (Å²) in [5.74, 6) is 1.60. The highest BCUT2D eigenvalue weighted by atomic mass is 79.9. The molecule has 0 saturated heterocycles. The van der Waals surface area contributed by atoms with Crippen molar-refractivity contribution in [3.63, 3.8) is 0 Å². The van der Waals surface area contributed by atoms with Gasteiger partial charge in [-0.05, 0) is 23.6 Å². The van der Waals surface area contributed by atoms with Crippen molar-refractivity contribution in [2.45, 2.75) is 0 Å². The molecule has 0 aliphatic carbocycles. The molecule has 0 atom stereocenters. The summed E-state index contributed by atoms with van der Waals surface area (Å²) in [7, 11) is 1.65. The van der Waals surface area contributed by atoms with Crippen LogP contribution in [0.2, 0.25) is 0 Å². The number of methoxy groups -OCH3 is 1. The van der Waals surface area contributed by atoms with E-state index in [9.17, 15) is 0 Å². The van der Waals surface area contributed by atoms with Crippen LogP contribution in [0.3, 0.4) is 0 Å². The van der Waals surface area contributed by atoms with Crippen LogP contribution in [0.1, 0.15) is 0 Å². The van der Waals surface area contributed by atoms with Crippen molar-refractivity contribution < 1.29 is 4.74 Å². The van der Waals surface area contributed by atoms with Crippen molar-refractivity contribution in [3.8, 4) is 16.5 Å². The first-order chi connectivity index (χ1) is 8.69. The lowest BCUT2D eigenvalue weighted by Gasteiger charge is -1.97. The third-order valence-electron chi connectivity index (χ3n) is 2.64. The molecule has 3 rings (SSSR count). The molecule has 0 saturated carbocycles. The molecule has 6 heteroatoms. The molecule has 0 amide bonds. The fraction of sp³-hybridized carbons (Fsp3) is 0.0833. The molecular weight excluding hydrogens is 314 g/mol. The first-order valence-electron chi connectivity index (χ1n) is 5.25. The second kappa shape index (κ2) is 4.29. The summed E-state index contributed by atoms with van der Waals surface area (Å²) in [6.07, 6.45) is 0. The number of aromatic nitrogens is 2. The maximum absolute atomic E-state index is 5.95. The number of hydrogen-bond acceptors (Lipinski definition) is 4. The Balaban J connectivity index is 2.22. The lowest BCUT2D eigenvalue weighted by atomic mass is 10.3. The van der Waals surface area contributed by atoms with E-state index in [-0.39, 0.29) is 0 Å². The fourth-order valence-electron chi connectivity index (χ4n) is 1.85. The van der Waals surface area contributed by atoms with Crippen LogP contribution in [-0.2, 0) is 0 Å². The predicted octanol–water partition coefficient (Wildman–Crippen LogP) is 3.64. The van der Waals surface area contributed by atoms with Crippen LogP contribution in [0.15, 0.2) is 28.1 Å². The molecule has 3 aromatic rings. The van der Waals surface area contributed by atoms with Crippen molar-refractivity contribution in [3.05, 3.63) is 28.1 Å². The van der Waals surface area contributed by atoms with Crippen molar-refractivity contribution in [2.24, 2.45) is 0 Å². The van der Waals surface area contributed by atoms with E-state index >= 15 is 0 Å². The number of nitrogens with two attached hydrogens (primary N) is 1. The number of nitrogens with one attached hydrogen (secondary N) is 1. The lowest BCUT2D eigenvalue weighted by molar-refractivity contribution is 0.418. The van der Waals surface area contributed by atoms with Crippen LogP contribution < -0.4 is 10.5 Å². The highest BCUT2D eigenvalue weighted by Gasteiger charge is 2.13. The van der Waals surface area contributed by atoms with Gasteiger partial charge in [-0.15, -0.1) is 11.3 Å². The topological polar surface area (TPSA) is 63.9 Å². The summed E-state index contributed by atoms with van der Waals surface area (Å²) in [5.41, 5.74) is 8.30. The largest absolute Gasteiger partial charge is 0.495 e. The van der Waals surface area contributed by atoms with Gasteiger partial charge in [-0.1, -0.05) is 15.9 Å². The quantitative estimate of drug-likeness (QED) is 0.707. The molecule has 2 heterocycles. The normalized spacial score (nSPS) is 11.0. The Bertz CT molecular complexity index is 719. The number of benzene rings is 1. The van der Waals surface area contributed by atoms with Gasteiger partial charge < -0.3 is 15.5 Å². The summed E-state index contributed by atoms with van der Waals surface area (Å²) >= 11 is 5.00. The Hall–Kier alpha value is -1.53. The van der Waals surface area contributed by atoms with Gasteiger partial charge in [0.1, 0.15) is 16.1 Å². The minimum absolute atomic E-state index is 0.650. The Morgan fingerprint density at radius 2 is 2.28 bits per heavy atom. The van der Waals surface area contributed by atoms with Gasteiger partial charge in [0.05, 0.1) is 18.3 Å². The van der Waals surface area contributed by atoms with Crippen LogP contribution in [0, 0.1) is 0 Å². The average molecular weight is 324 g/mol. The van der Waals surface area contributed by atoms with Gasteiger partial charge in [-0.2, -0.15) is 0 Å². The van der Waals surface area contributed by atoms with Crippen molar-refractivity contribution in [2.75, 3.05) is 12.8 Å². The fourth-order valence-corrected chi connectivity index (χ4v) is 3.13. The maximum atomic E-state index is 5.95. The van der Waals surface area contributed by atoms with Gasteiger partial charge >= 0.3 is 0 Å². The Morgan fingerprint density at radius 1 is 1.44 bits per heavy atom. The number of fused-ring (bicyclic) bond motifs is 1. The van der Waals surface area contributed by atoms with Crippen molar-refractivity contribution in [1.29, 1.82) is 0 Å². The van der Waals surface area contributed by atoms with Gasteiger partial charge in [0.2, 0.25) is 0 Å². The number of thiophene rings is 1. The van der Waals surface area contributed by atoms with E-state index < -0.39 is 0 Å². The molecule has 1 aromatic carbocycles. The monoisotopic (exact) mass is 323 g/mol. The number of aromatic amines is 1. The Morgan fingerprint density at radius 3 is 3.06 bits per heavy atom. The molecule has 0 aliphatic heterocycles. The number of imidazole rings is 1. The Labute approximate surface area is 116 Å². The van der Waals surface area contributed by atoms with Gasteiger partial charge in [-0.25, -0.2) is 4.98 Å². The number of nitrogen functional groups attached to an aromatic ring is 1. The number of hydrogen-bond donors (Lipinski definition) is 2. The van der Waals surface area contributed by atoms with Crippen LogP contribution in [0.4, 0.5) is 5.69 Å². The molecule has 2 aromatic heterocycles. The smallest absolute Gasteiger partial charge is 0.152 e. The van der Waals surface area contributed by atoms with Gasteiger partial charge in [0, 0.05) is 4.47 Å². The molecule has 0 unspecified atom stereocenters. The highest BCUT2D eigenvalue weighted by Crippen LogP contribution is 2.35. The summed E-state index contributed by atoms with van der Waals surface area (Å²) in [6.45, 7) is 0. The maximum Gasteiger partial charge on any atom is 0.152 e. The summed E-state index contributed by atoms with van der Waals surface area (Å²) in [6, 6.07) is 5.73. The van der Waals surface area contributed by atoms with E-state index in [1.807, 2.05) is 23.6 Å². The minimum Gasteiger partial charge on any atom is -0.495 e. The molecule has 0 bridgehead atoms. The first-order valence-corrected chi connectivity index (χ1v) is 6.93. The van der Waals surface area contributed by atoms with Gasteiger partial charge in [-0.3, -0.25) is 0 Å². The molecule has 0 fully saturated rings. The number of halogens is 1. The number of ether oxygens (including phenoxy) is 1. The molecule has 18 heavy (non-hydrogen) atoms. The van der Waals surface area contributed by atoms with E-state index in [2.05, 4.69) is 25.9 Å². The molecule has 0 aliphatic rings. The number of rotatable bonds is 2. The number of nitrogens with zero attached hydrogens (tertiary/aromatic N) is 1. The predicted molar refractivity (Wildman–Crippen MR) is 78.1 cm³/mol. The van der Waals surface area contributed by atoms with Crippen LogP contribution in [0.5, 0.6) is 5.75 Å². The number of H-pyrrole nitrogens is 1. The first kappa shape index (κ1) is 11.6.